The number of hydrogen-bond acceptors (Lipinski definition) is 6. The van der Waals surface area contributed by atoms with Gasteiger partial charge in [0.05, 0.1) is 35.6 Å². The Bertz CT molecular complexity index is 1130. The van der Waals surface area contributed by atoms with Crippen LogP contribution >= 0.6 is 23.2 Å². The molecule has 3 heterocycles. The van der Waals surface area contributed by atoms with Gasteiger partial charge in [0.2, 0.25) is 0 Å². The van der Waals surface area contributed by atoms with Gasteiger partial charge in [0.15, 0.2) is 0 Å². The number of rotatable bonds is 5. The van der Waals surface area contributed by atoms with Crippen LogP contribution in [0, 0.1) is 6.92 Å². The molecule has 0 radical (unpaired) electrons. The van der Waals surface area contributed by atoms with Crippen molar-refractivity contribution in [1.29, 1.82) is 0 Å². The van der Waals surface area contributed by atoms with Gasteiger partial charge in [-0.2, -0.15) is 0 Å². The third kappa shape index (κ3) is 4.07. The van der Waals surface area contributed by atoms with Crippen molar-refractivity contribution in [2.45, 2.75) is 32.3 Å². The highest BCUT2D eigenvalue weighted by Gasteiger charge is 2.31. The molecule has 0 N–H and O–H groups in total. The van der Waals surface area contributed by atoms with Crippen LogP contribution < -0.4 is 14.4 Å². The standard InChI is InChI=1S/C24H27Cl2N3O3/c1-14-10-16-15(13-27-14)11-17(20-21(25)18(30-3)12-19(31-4)22(20)26)28-23(16)29-8-6-24(2,32-5)7-9-29/h10-13H,6-9H2,1-5H3. The highest BCUT2D eigenvalue weighted by atomic mass is 35.5. The predicted octanol–water partition coefficient (Wildman–Crippen LogP) is 5.93. The van der Waals surface area contributed by atoms with Gasteiger partial charge in [0.1, 0.15) is 17.3 Å². The average molecular weight is 476 g/mol. The van der Waals surface area contributed by atoms with Gasteiger partial charge < -0.3 is 19.1 Å². The van der Waals surface area contributed by atoms with Crippen molar-refractivity contribution in [3.05, 3.63) is 40.1 Å². The summed E-state index contributed by atoms with van der Waals surface area (Å²) >= 11 is 13.4. The van der Waals surface area contributed by atoms with Crippen molar-refractivity contribution in [2.24, 2.45) is 0 Å². The van der Waals surface area contributed by atoms with Gasteiger partial charge in [-0.1, -0.05) is 23.2 Å². The van der Waals surface area contributed by atoms with E-state index < -0.39 is 0 Å². The number of piperidine rings is 1. The van der Waals surface area contributed by atoms with Crippen LogP contribution in [0.3, 0.4) is 0 Å². The van der Waals surface area contributed by atoms with Crippen LogP contribution in [0.25, 0.3) is 22.0 Å². The van der Waals surface area contributed by atoms with Crippen molar-refractivity contribution in [3.8, 4) is 22.8 Å². The van der Waals surface area contributed by atoms with E-state index in [0.29, 0.717) is 32.8 Å². The quantitative estimate of drug-likeness (QED) is 0.455. The largest absolute Gasteiger partial charge is 0.495 e. The fourth-order valence-electron chi connectivity index (χ4n) is 4.11. The van der Waals surface area contributed by atoms with Crippen molar-refractivity contribution in [1.82, 2.24) is 9.97 Å². The molecule has 0 spiro atoms. The van der Waals surface area contributed by atoms with Crippen LogP contribution in [0.2, 0.25) is 10.0 Å². The second-order valence-electron chi connectivity index (χ2n) is 8.30. The molecule has 0 aliphatic carbocycles. The van der Waals surface area contributed by atoms with Crippen LogP contribution in [0.1, 0.15) is 25.5 Å². The first-order valence-electron chi connectivity index (χ1n) is 10.5. The number of pyridine rings is 2. The van der Waals surface area contributed by atoms with Gasteiger partial charge in [0, 0.05) is 54.5 Å². The molecule has 0 saturated carbocycles. The van der Waals surface area contributed by atoms with Crippen LogP contribution in [0.4, 0.5) is 5.82 Å². The summed E-state index contributed by atoms with van der Waals surface area (Å²) in [5.74, 6) is 1.83. The summed E-state index contributed by atoms with van der Waals surface area (Å²) in [4.78, 5) is 11.9. The van der Waals surface area contributed by atoms with Gasteiger partial charge in [-0.3, -0.25) is 4.98 Å². The van der Waals surface area contributed by atoms with E-state index in [1.165, 1.54) is 0 Å². The molecule has 0 amide bonds. The minimum Gasteiger partial charge on any atom is -0.495 e. The number of nitrogens with zero attached hydrogens (tertiary/aromatic N) is 3. The van der Waals surface area contributed by atoms with Crippen LogP contribution in [0.5, 0.6) is 11.5 Å². The molecule has 2 aromatic heterocycles. The summed E-state index contributed by atoms with van der Waals surface area (Å²) in [5, 5.41) is 2.79. The Kier molecular flexibility index (Phi) is 6.39. The number of ether oxygens (including phenoxy) is 3. The van der Waals surface area contributed by atoms with Crippen molar-refractivity contribution < 1.29 is 14.2 Å². The molecule has 1 aliphatic heterocycles. The van der Waals surface area contributed by atoms with Gasteiger partial charge in [0.25, 0.3) is 0 Å². The molecule has 3 aromatic rings. The van der Waals surface area contributed by atoms with E-state index in [1.54, 1.807) is 27.4 Å². The average Bonchev–Trinajstić information content (AvgIpc) is 2.79. The lowest BCUT2D eigenvalue weighted by Crippen LogP contribution is -2.44. The number of anilines is 1. The zero-order chi connectivity index (χ0) is 23.0. The lowest BCUT2D eigenvalue weighted by molar-refractivity contribution is -0.0133. The lowest BCUT2D eigenvalue weighted by atomic mass is 9.93. The molecule has 4 rings (SSSR count). The molecule has 0 bridgehead atoms. The zero-order valence-electron chi connectivity index (χ0n) is 19.0. The number of benzene rings is 1. The Morgan fingerprint density at radius 3 is 2.16 bits per heavy atom. The normalized spacial score (nSPS) is 15.8. The molecule has 0 atom stereocenters. The highest BCUT2D eigenvalue weighted by Crippen LogP contribution is 2.46. The van der Waals surface area contributed by atoms with E-state index in [9.17, 15) is 0 Å². The van der Waals surface area contributed by atoms with E-state index in [4.69, 9.17) is 42.4 Å². The maximum Gasteiger partial charge on any atom is 0.141 e. The van der Waals surface area contributed by atoms with Crippen molar-refractivity contribution in [2.75, 3.05) is 39.3 Å². The number of fused-ring (bicyclic) bond motifs is 1. The van der Waals surface area contributed by atoms with Crippen molar-refractivity contribution >= 4 is 39.8 Å². The summed E-state index contributed by atoms with van der Waals surface area (Å²) < 4.78 is 16.6. The topological polar surface area (TPSA) is 56.7 Å². The molecule has 1 aromatic carbocycles. The smallest absolute Gasteiger partial charge is 0.141 e. The fourth-order valence-corrected chi connectivity index (χ4v) is 4.80. The molecule has 1 saturated heterocycles. The zero-order valence-corrected chi connectivity index (χ0v) is 20.5. The van der Waals surface area contributed by atoms with Gasteiger partial charge in [-0.05, 0) is 38.8 Å². The highest BCUT2D eigenvalue weighted by molar-refractivity contribution is 6.41. The number of aryl methyl sites for hydroxylation is 1. The van der Waals surface area contributed by atoms with Gasteiger partial charge in [-0.15, -0.1) is 0 Å². The molecule has 1 aliphatic rings. The minimum atomic E-state index is -0.117. The van der Waals surface area contributed by atoms with Gasteiger partial charge in [-0.25, -0.2) is 4.98 Å². The lowest BCUT2D eigenvalue weighted by Gasteiger charge is -2.39. The Hall–Kier alpha value is -2.28. The van der Waals surface area contributed by atoms with E-state index in [0.717, 1.165) is 48.2 Å². The Morgan fingerprint density at radius 2 is 1.59 bits per heavy atom. The van der Waals surface area contributed by atoms with Crippen LogP contribution in [-0.4, -0.2) is 50.0 Å². The first kappa shape index (κ1) is 22.9. The van der Waals surface area contributed by atoms with Gasteiger partial charge >= 0.3 is 0 Å². The third-order valence-electron chi connectivity index (χ3n) is 6.27. The summed E-state index contributed by atoms with van der Waals surface area (Å²) in [5.41, 5.74) is 2.04. The second-order valence-corrected chi connectivity index (χ2v) is 9.06. The maximum absolute atomic E-state index is 6.70. The number of aromatic nitrogens is 2. The summed E-state index contributed by atoms with van der Waals surface area (Å²) in [6.45, 7) is 5.80. The van der Waals surface area contributed by atoms with E-state index >= 15 is 0 Å². The molecule has 32 heavy (non-hydrogen) atoms. The van der Waals surface area contributed by atoms with Crippen LogP contribution in [-0.2, 0) is 4.74 Å². The van der Waals surface area contributed by atoms with E-state index in [-0.39, 0.29) is 5.60 Å². The minimum absolute atomic E-state index is 0.117. The number of hydrogen-bond donors (Lipinski definition) is 0. The molecule has 8 heteroatoms. The fraction of sp³-hybridized carbons (Fsp3) is 0.417. The molecule has 0 unspecified atom stereocenters. The van der Waals surface area contributed by atoms with Crippen molar-refractivity contribution in [3.63, 3.8) is 0 Å². The Morgan fingerprint density at radius 1 is 0.969 bits per heavy atom. The maximum atomic E-state index is 6.70. The molecule has 170 valence electrons. The van der Waals surface area contributed by atoms with E-state index in [2.05, 4.69) is 22.9 Å². The summed E-state index contributed by atoms with van der Waals surface area (Å²) in [7, 11) is 4.90. The first-order chi connectivity index (χ1) is 15.3. The Labute approximate surface area is 198 Å². The molecular weight excluding hydrogens is 449 g/mol. The molecule has 1 fully saturated rings. The number of halogens is 2. The monoisotopic (exact) mass is 475 g/mol. The second kappa shape index (κ2) is 8.93. The Balaban J connectivity index is 1.91. The molecule has 6 nitrogen and oxygen atoms in total. The SMILES string of the molecule is COc1cc(OC)c(Cl)c(-c2cc3cnc(C)cc3c(N3CCC(C)(OC)CC3)n2)c1Cl. The van der Waals surface area contributed by atoms with E-state index in [1.807, 2.05) is 19.2 Å². The first-order valence-corrected chi connectivity index (χ1v) is 11.2. The summed E-state index contributed by atoms with van der Waals surface area (Å²) in [6.07, 6.45) is 3.69. The van der Waals surface area contributed by atoms with Crippen LogP contribution in [0.15, 0.2) is 24.4 Å². The third-order valence-corrected chi connectivity index (χ3v) is 7.02. The number of methoxy groups -OCH3 is 3. The predicted molar refractivity (Wildman–Crippen MR) is 130 cm³/mol. The summed E-state index contributed by atoms with van der Waals surface area (Å²) in [6, 6.07) is 5.71. The molecular formula is C24H27Cl2N3O3.